The lowest BCUT2D eigenvalue weighted by Crippen LogP contribution is -2.59. The first-order valence-electron chi connectivity index (χ1n) is 11.8. The largest absolute Gasteiger partial charge is 0.390 e. The monoisotopic (exact) mass is 543 g/mol. The van der Waals surface area contributed by atoms with Gasteiger partial charge in [-0.3, -0.25) is 4.79 Å². The molecule has 4 N–H and O–H groups in total. The van der Waals surface area contributed by atoms with Gasteiger partial charge in [0.15, 0.2) is 21.5 Å². The van der Waals surface area contributed by atoms with Crippen molar-refractivity contribution in [3.05, 3.63) is 58.6 Å². The average Bonchev–Trinajstić information content (AvgIpc) is 3.00. The van der Waals surface area contributed by atoms with Crippen LogP contribution in [0.15, 0.2) is 41.3 Å². The van der Waals surface area contributed by atoms with E-state index >= 15 is 0 Å². The highest BCUT2D eigenvalue weighted by Gasteiger charge is 2.60. The van der Waals surface area contributed by atoms with E-state index < -0.39 is 62.3 Å². The molecule has 2 aliphatic rings. The van der Waals surface area contributed by atoms with Crippen molar-refractivity contribution in [3.63, 3.8) is 0 Å². The molecule has 2 aromatic carbocycles. The number of benzene rings is 2. The quantitative estimate of drug-likeness (QED) is 0.422. The Balaban J connectivity index is 1.58. The topological polar surface area (TPSA) is 124 Å². The van der Waals surface area contributed by atoms with Gasteiger partial charge in [-0.25, -0.2) is 17.2 Å². The molecule has 196 valence electrons. The van der Waals surface area contributed by atoms with Crippen LogP contribution in [0.4, 0.5) is 14.5 Å². The van der Waals surface area contributed by atoms with E-state index in [1.165, 1.54) is 18.2 Å². The lowest BCUT2D eigenvalue weighted by Gasteiger charge is -2.46. The van der Waals surface area contributed by atoms with Gasteiger partial charge in [-0.15, -0.1) is 0 Å². The molecule has 6 atom stereocenters. The minimum atomic E-state index is -4.04. The second kappa shape index (κ2) is 9.98. The van der Waals surface area contributed by atoms with Crippen LogP contribution < -0.4 is 5.32 Å². The van der Waals surface area contributed by atoms with E-state index in [0.29, 0.717) is 12.8 Å². The maximum absolute atomic E-state index is 13.6. The fraction of sp³-hybridized carbons (Fsp3) is 0.480. The molecular formula is C25H28ClF2NO6S. The van der Waals surface area contributed by atoms with E-state index in [-0.39, 0.29) is 40.4 Å². The number of anilines is 1. The van der Waals surface area contributed by atoms with Gasteiger partial charge in [-0.2, -0.15) is 0 Å². The van der Waals surface area contributed by atoms with Crippen molar-refractivity contribution in [2.75, 3.05) is 5.32 Å². The maximum Gasteiger partial charge on any atom is 0.255 e. The highest BCUT2D eigenvalue weighted by atomic mass is 35.5. The van der Waals surface area contributed by atoms with Gasteiger partial charge in [0.1, 0.15) is 6.10 Å². The Bertz CT molecular complexity index is 1260. The zero-order chi connectivity index (χ0) is 26.4. The zero-order valence-electron chi connectivity index (χ0n) is 19.5. The van der Waals surface area contributed by atoms with Crippen molar-refractivity contribution in [1.82, 2.24) is 0 Å². The van der Waals surface area contributed by atoms with Crippen LogP contribution in [0.1, 0.15) is 49.4 Å². The summed E-state index contributed by atoms with van der Waals surface area (Å²) in [6, 6.07) is 6.59. The summed E-state index contributed by atoms with van der Waals surface area (Å²) < 4.78 is 53.9. The molecular weight excluding hydrogens is 516 g/mol. The Labute approximate surface area is 213 Å². The molecule has 2 saturated carbocycles. The Morgan fingerprint density at radius 3 is 2.33 bits per heavy atom. The Hall–Kier alpha value is -2.11. The normalized spacial score (nSPS) is 27.5. The standard InChI is InChI=1S/C25H28ClF2NO6S/c1-2-21(30)23(31)25(33)14-4-5-15(25)11-17(10-14)36(34,35)22-9-13(3-7-18(22)26)24(32)29-16-6-8-19(27)20(28)12-16/h3,6-9,12,14-15,17,21,23,30-31,33H,2,4-5,10-11H2,1H3,(H,29,32)/t14-,15?,17?,21-,23+,25?/m0/s1. The summed E-state index contributed by atoms with van der Waals surface area (Å²) in [5.41, 5.74) is -1.62. The third kappa shape index (κ3) is 4.65. The van der Waals surface area contributed by atoms with Crippen molar-refractivity contribution in [2.45, 2.75) is 67.0 Å². The van der Waals surface area contributed by atoms with Gasteiger partial charge in [0.2, 0.25) is 0 Å². The summed E-state index contributed by atoms with van der Waals surface area (Å²) in [5.74, 6) is -3.99. The van der Waals surface area contributed by atoms with Gasteiger partial charge in [0, 0.05) is 17.3 Å². The molecule has 0 radical (unpaired) electrons. The van der Waals surface area contributed by atoms with Gasteiger partial charge in [0.05, 0.1) is 26.9 Å². The number of aliphatic hydroxyl groups is 3. The van der Waals surface area contributed by atoms with Gasteiger partial charge < -0.3 is 20.6 Å². The van der Waals surface area contributed by atoms with E-state index in [4.69, 9.17) is 11.6 Å². The molecule has 2 aliphatic carbocycles. The number of fused-ring (bicyclic) bond motifs is 2. The Morgan fingerprint density at radius 1 is 1.11 bits per heavy atom. The summed E-state index contributed by atoms with van der Waals surface area (Å²) in [4.78, 5) is 12.4. The summed E-state index contributed by atoms with van der Waals surface area (Å²) in [7, 11) is -4.04. The lowest BCUT2D eigenvalue weighted by molar-refractivity contribution is -0.176. The van der Waals surface area contributed by atoms with Crippen molar-refractivity contribution >= 4 is 33.0 Å². The first-order chi connectivity index (χ1) is 16.9. The predicted octanol–water partition coefficient (Wildman–Crippen LogP) is 3.70. The van der Waals surface area contributed by atoms with Crippen LogP contribution in [-0.4, -0.2) is 52.7 Å². The van der Waals surface area contributed by atoms with E-state index in [9.17, 15) is 37.3 Å². The van der Waals surface area contributed by atoms with Crippen molar-refractivity contribution in [3.8, 4) is 0 Å². The minimum absolute atomic E-state index is 0.00535. The predicted molar refractivity (Wildman–Crippen MR) is 129 cm³/mol. The molecule has 1 amide bonds. The Morgan fingerprint density at radius 2 is 1.75 bits per heavy atom. The number of hydrogen-bond acceptors (Lipinski definition) is 6. The maximum atomic E-state index is 13.6. The van der Waals surface area contributed by atoms with E-state index in [2.05, 4.69) is 5.32 Å². The molecule has 0 saturated heterocycles. The third-order valence-electron chi connectivity index (χ3n) is 7.64. The SMILES string of the molecule is CC[C@H](O)[C@@H](O)C1(O)C2CC[C@H]1CC(S(=O)(=O)c1cc(C(=O)Nc3ccc(F)c(F)c3)ccc1Cl)C2. The third-order valence-corrected chi connectivity index (χ3v) is 10.3. The number of rotatable bonds is 7. The number of aliphatic hydroxyl groups excluding tert-OH is 2. The second-order valence-corrected chi connectivity index (χ2v) is 12.2. The van der Waals surface area contributed by atoms with Crippen LogP contribution in [-0.2, 0) is 9.84 Å². The molecule has 2 bridgehead atoms. The van der Waals surface area contributed by atoms with E-state index in [0.717, 1.165) is 18.2 Å². The van der Waals surface area contributed by atoms with Crippen LogP contribution in [0.3, 0.4) is 0 Å². The molecule has 11 heteroatoms. The number of sulfone groups is 1. The summed E-state index contributed by atoms with van der Waals surface area (Å²) in [5, 5.41) is 33.5. The Kier molecular flexibility index (Phi) is 7.47. The van der Waals surface area contributed by atoms with Crippen molar-refractivity contribution in [2.24, 2.45) is 11.8 Å². The number of hydrogen-bond donors (Lipinski definition) is 4. The van der Waals surface area contributed by atoms with Crippen LogP contribution in [0, 0.1) is 23.5 Å². The fourth-order valence-electron chi connectivity index (χ4n) is 5.63. The van der Waals surface area contributed by atoms with Crippen molar-refractivity contribution in [1.29, 1.82) is 0 Å². The van der Waals surface area contributed by atoms with Crippen LogP contribution >= 0.6 is 11.6 Å². The second-order valence-electron chi connectivity index (χ2n) is 9.65. The highest BCUT2D eigenvalue weighted by molar-refractivity contribution is 7.92. The molecule has 2 fully saturated rings. The molecule has 0 spiro atoms. The first-order valence-corrected chi connectivity index (χ1v) is 13.7. The van der Waals surface area contributed by atoms with Gasteiger partial charge in [-0.05, 0) is 74.3 Å². The molecule has 3 unspecified atom stereocenters. The number of carbonyl (C=O) groups is 1. The molecule has 36 heavy (non-hydrogen) atoms. The number of amides is 1. The number of nitrogens with one attached hydrogen (secondary N) is 1. The molecule has 0 aliphatic heterocycles. The molecule has 0 heterocycles. The van der Waals surface area contributed by atoms with Gasteiger partial charge in [-0.1, -0.05) is 18.5 Å². The summed E-state index contributed by atoms with van der Waals surface area (Å²) in [6.07, 6.45) is -1.06. The van der Waals surface area contributed by atoms with Gasteiger partial charge >= 0.3 is 0 Å². The van der Waals surface area contributed by atoms with Gasteiger partial charge in [0.25, 0.3) is 5.91 Å². The summed E-state index contributed by atoms with van der Waals surface area (Å²) >= 11 is 6.23. The lowest BCUT2D eigenvalue weighted by atomic mass is 9.69. The number of halogens is 3. The average molecular weight is 544 g/mol. The molecule has 0 aromatic heterocycles. The highest BCUT2D eigenvalue weighted by Crippen LogP contribution is 2.54. The van der Waals surface area contributed by atoms with E-state index in [1.54, 1.807) is 6.92 Å². The molecule has 2 aromatic rings. The first kappa shape index (κ1) is 26.9. The minimum Gasteiger partial charge on any atom is -0.390 e. The van der Waals surface area contributed by atoms with Crippen molar-refractivity contribution < 1.29 is 37.3 Å². The summed E-state index contributed by atoms with van der Waals surface area (Å²) in [6.45, 7) is 1.69. The molecule has 4 rings (SSSR count). The number of carbonyl (C=O) groups excluding carboxylic acids is 1. The van der Waals surface area contributed by atoms with E-state index in [1.807, 2.05) is 0 Å². The smallest absolute Gasteiger partial charge is 0.255 e. The van der Waals surface area contributed by atoms with Crippen LogP contribution in [0.25, 0.3) is 0 Å². The molecule has 7 nitrogen and oxygen atoms in total. The fourth-order valence-corrected chi connectivity index (χ4v) is 8.03. The zero-order valence-corrected chi connectivity index (χ0v) is 21.1. The van der Waals surface area contributed by atoms with Crippen LogP contribution in [0.2, 0.25) is 5.02 Å². The van der Waals surface area contributed by atoms with Crippen LogP contribution in [0.5, 0.6) is 0 Å².